The minimum absolute atomic E-state index is 0.154. The summed E-state index contributed by atoms with van der Waals surface area (Å²) in [5, 5.41) is 9.99. The minimum Gasteiger partial charge on any atom is -0.545 e. The van der Waals surface area contributed by atoms with Crippen LogP contribution in [0, 0.1) is 5.41 Å². The molecule has 0 aromatic carbocycles. The Morgan fingerprint density at radius 1 is 0.920 bits per heavy atom. The summed E-state index contributed by atoms with van der Waals surface area (Å²) in [7, 11) is 0. The van der Waals surface area contributed by atoms with Crippen molar-refractivity contribution in [2.45, 2.75) is 51.1 Å². The Morgan fingerprint density at radius 3 is 1.68 bits per heavy atom. The van der Waals surface area contributed by atoms with E-state index in [-0.39, 0.29) is 12.2 Å². The number of rotatable bonds is 6. The van der Waals surface area contributed by atoms with Crippen LogP contribution in [-0.4, -0.2) is 35.8 Å². The van der Waals surface area contributed by atoms with E-state index in [0.29, 0.717) is 20.8 Å². The Kier molecular flexibility index (Phi) is 6.28. The lowest BCUT2D eigenvalue weighted by Crippen LogP contribution is -2.64. The molecular weight excluding hydrogens is 372 g/mol. The Bertz CT molecular complexity index is 547. The second kappa shape index (κ2) is 6.79. The molecule has 0 N–H and O–H groups in total. The molecule has 0 heterocycles. The van der Waals surface area contributed by atoms with Gasteiger partial charge in [-0.1, -0.05) is 20.8 Å². The van der Waals surface area contributed by atoms with Gasteiger partial charge < -0.3 is 14.6 Å². The van der Waals surface area contributed by atoms with Crippen molar-refractivity contribution in [3.8, 4) is 0 Å². The largest absolute Gasteiger partial charge is 0.545 e. The SMILES string of the molecule is CC(C)(C)C(F)(CC(F)(F)F)C(F)(F)C(F)(F)OC(=O)C=CC(=O)[O-]. The number of alkyl halides is 8. The van der Waals surface area contributed by atoms with Gasteiger partial charge in [-0.2, -0.15) is 30.7 Å². The summed E-state index contributed by atoms with van der Waals surface area (Å²) in [4.78, 5) is 20.9. The zero-order valence-electron chi connectivity index (χ0n) is 13.0. The Labute approximate surface area is 136 Å². The monoisotopic (exact) mass is 385 g/mol. The van der Waals surface area contributed by atoms with E-state index < -0.39 is 47.7 Å². The smallest absolute Gasteiger partial charge is 0.470 e. The van der Waals surface area contributed by atoms with Crippen molar-refractivity contribution in [3.05, 3.63) is 12.2 Å². The average Bonchev–Trinajstić information content (AvgIpc) is 2.31. The fourth-order valence-corrected chi connectivity index (χ4v) is 1.71. The van der Waals surface area contributed by atoms with Gasteiger partial charge in [0.25, 0.3) is 0 Å². The molecule has 146 valence electrons. The van der Waals surface area contributed by atoms with Crippen molar-refractivity contribution in [1.29, 1.82) is 0 Å². The van der Waals surface area contributed by atoms with E-state index in [4.69, 9.17) is 0 Å². The van der Waals surface area contributed by atoms with Gasteiger partial charge in [0.05, 0.1) is 12.4 Å². The van der Waals surface area contributed by atoms with Crippen molar-refractivity contribution in [1.82, 2.24) is 0 Å². The van der Waals surface area contributed by atoms with Gasteiger partial charge in [0.1, 0.15) is 0 Å². The lowest BCUT2D eigenvalue weighted by atomic mass is 9.71. The molecular formula is C13H13F8O4-. The third-order valence-electron chi connectivity index (χ3n) is 3.08. The predicted octanol–water partition coefficient (Wildman–Crippen LogP) is 2.77. The molecule has 4 nitrogen and oxygen atoms in total. The maximum atomic E-state index is 14.6. The van der Waals surface area contributed by atoms with Gasteiger partial charge in [0.15, 0.2) is 5.67 Å². The normalized spacial score (nSPS) is 16.6. The van der Waals surface area contributed by atoms with E-state index in [1.54, 1.807) is 0 Å². The van der Waals surface area contributed by atoms with Crippen molar-refractivity contribution in [2.75, 3.05) is 0 Å². The fourth-order valence-electron chi connectivity index (χ4n) is 1.71. The lowest BCUT2D eigenvalue weighted by Gasteiger charge is -2.44. The Hall–Kier alpha value is -1.88. The van der Waals surface area contributed by atoms with E-state index >= 15 is 0 Å². The number of aliphatic carboxylic acids is 1. The van der Waals surface area contributed by atoms with Crippen LogP contribution in [-0.2, 0) is 14.3 Å². The molecule has 12 heteroatoms. The van der Waals surface area contributed by atoms with E-state index in [9.17, 15) is 49.8 Å². The number of hydrogen-bond donors (Lipinski definition) is 0. The number of esters is 1. The number of halogens is 8. The molecule has 0 spiro atoms. The number of ether oxygens (including phenoxy) is 1. The van der Waals surface area contributed by atoms with Crippen molar-refractivity contribution in [3.63, 3.8) is 0 Å². The predicted molar refractivity (Wildman–Crippen MR) is 64.1 cm³/mol. The third kappa shape index (κ3) is 5.30. The highest BCUT2D eigenvalue weighted by Crippen LogP contribution is 2.56. The second-order valence-electron chi connectivity index (χ2n) is 6.01. The van der Waals surface area contributed by atoms with E-state index in [0.717, 1.165) is 0 Å². The molecule has 0 radical (unpaired) electrons. The fraction of sp³-hybridized carbons (Fsp3) is 0.692. The molecule has 0 aliphatic heterocycles. The van der Waals surface area contributed by atoms with E-state index in [1.807, 2.05) is 0 Å². The van der Waals surface area contributed by atoms with Gasteiger partial charge in [0.2, 0.25) is 0 Å². The number of carbonyl (C=O) groups excluding carboxylic acids is 2. The molecule has 0 rings (SSSR count). The van der Waals surface area contributed by atoms with E-state index in [2.05, 4.69) is 4.74 Å². The first kappa shape index (κ1) is 23.1. The molecule has 0 aliphatic rings. The topological polar surface area (TPSA) is 66.4 Å². The summed E-state index contributed by atoms with van der Waals surface area (Å²) in [6.07, 6.45) is -14.9. The maximum Gasteiger partial charge on any atom is 0.470 e. The molecule has 25 heavy (non-hydrogen) atoms. The van der Waals surface area contributed by atoms with Crippen LogP contribution < -0.4 is 5.11 Å². The summed E-state index contributed by atoms with van der Waals surface area (Å²) in [5.74, 6) is -10.5. The van der Waals surface area contributed by atoms with Crippen LogP contribution in [0.25, 0.3) is 0 Å². The van der Waals surface area contributed by atoms with Crippen LogP contribution in [0.4, 0.5) is 35.1 Å². The summed E-state index contributed by atoms with van der Waals surface area (Å²) in [6.45, 7) is 1.58. The molecule has 0 aliphatic carbocycles. The molecule has 1 atom stereocenters. The quantitative estimate of drug-likeness (QED) is 0.401. The highest BCUT2D eigenvalue weighted by molar-refractivity contribution is 5.90. The number of hydrogen-bond acceptors (Lipinski definition) is 4. The first-order valence-electron chi connectivity index (χ1n) is 6.40. The second-order valence-corrected chi connectivity index (χ2v) is 6.01. The van der Waals surface area contributed by atoms with Crippen molar-refractivity contribution >= 4 is 11.9 Å². The Morgan fingerprint density at radius 2 is 1.36 bits per heavy atom. The van der Waals surface area contributed by atoms with Gasteiger partial charge in [-0.15, -0.1) is 0 Å². The molecule has 0 amide bonds. The van der Waals surface area contributed by atoms with Crippen LogP contribution >= 0.6 is 0 Å². The van der Waals surface area contributed by atoms with Gasteiger partial charge in [-0.3, -0.25) is 0 Å². The van der Waals surface area contributed by atoms with Gasteiger partial charge in [-0.25, -0.2) is 9.18 Å². The molecule has 1 unspecified atom stereocenters. The lowest BCUT2D eigenvalue weighted by molar-refractivity contribution is -0.384. The van der Waals surface area contributed by atoms with Crippen LogP contribution in [0.15, 0.2) is 12.2 Å². The minimum atomic E-state index is -6.10. The van der Waals surface area contributed by atoms with Crippen LogP contribution in [0.5, 0.6) is 0 Å². The molecule has 0 saturated carbocycles. The standard InChI is InChI=1S/C13H14F8O4/c1-9(2,3)10(14,6-11(15,16)17)12(18,19)13(20,21)25-8(24)5-4-7(22)23/h4-5H,6H2,1-3H3,(H,22,23)/p-1. The first-order valence-corrected chi connectivity index (χ1v) is 6.40. The number of carbonyl (C=O) groups is 2. The van der Waals surface area contributed by atoms with Gasteiger partial charge >= 0.3 is 24.2 Å². The van der Waals surface area contributed by atoms with E-state index in [1.165, 1.54) is 0 Å². The number of carboxylic acid groups (broad SMARTS) is 1. The van der Waals surface area contributed by atoms with Crippen molar-refractivity contribution < 1.29 is 54.6 Å². The highest BCUT2D eigenvalue weighted by Gasteiger charge is 2.77. The molecule has 0 fully saturated rings. The summed E-state index contributed by atoms with van der Waals surface area (Å²) in [5.41, 5.74) is -7.51. The van der Waals surface area contributed by atoms with Gasteiger partial charge in [0, 0.05) is 11.5 Å². The van der Waals surface area contributed by atoms with Crippen molar-refractivity contribution in [2.24, 2.45) is 5.41 Å². The third-order valence-corrected chi connectivity index (χ3v) is 3.08. The van der Waals surface area contributed by atoms with Gasteiger partial charge in [-0.05, 0) is 6.08 Å². The molecule has 0 bridgehead atoms. The Balaban J connectivity index is 5.92. The van der Waals surface area contributed by atoms with Crippen LogP contribution in [0.1, 0.15) is 27.2 Å². The molecule has 0 aromatic heterocycles. The average molecular weight is 385 g/mol. The highest BCUT2D eigenvalue weighted by atomic mass is 19.4. The zero-order valence-corrected chi connectivity index (χ0v) is 13.0. The summed E-state index contributed by atoms with van der Waals surface area (Å²) in [6, 6.07) is 0. The molecule has 0 saturated heterocycles. The van der Waals surface area contributed by atoms with Crippen LogP contribution in [0.3, 0.4) is 0 Å². The number of carboxylic acids is 1. The zero-order chi connectivity index (χ0) is 20.5. The maximum absolute atomic E-state index is 14.6. The first-order chi connectivity index (χ1) is 10.8. The van der Waals surface area contributed by atoms with Crippen LogP contribution in [0.2, 0.25) is 0 Å². The molecule has 0 aromatic rings. The summed E-state index contributed by atoms with van der Waals surface area (Å²) < 4.78 is 110. The summed E-state index contributed by atoms with van der Waals surface area (Å²) >= 11 is 0.